The van der Waals surface area contributed by atoms with Crippen molar-refractivity contribution in [2.24, 2.45) is 11.7 Å². The Labute approximate surface area is 90.9 Å². The molecule has 0 aliphatic heterocycles. The van der Waals surface area contributed by atoms with Crippen LogP contribution in [0.3, 0.4) is 0 Å². The van der Waals surface area contributed by atoms with Crippen molar-refractivity contribution < 1.29 is 0 Å². The van der Waals surface area contributed by atoms with E-state index in [1.54, 1.807) is 0 Å². The van der Waals surface area contributed by atoms with E-state index in [1.165, 1.54) is 25.7 Å². The summed E-state index contributed by atoms with van der Waals surface area (Å²) >= 11 is 0. The highest BCUT2D eigenvalue weighted by Gasteiger charge is 2.23. The van der Waals surface area contributed by atoms with Gasteiger partial charge in [-0.25, -0.2) is 0 Å². The fourth-order valence-electron chi connectivity index (χ4n) is 2.25. The Kier molecular flexibility index (Phi) is 3.05. The average molecular weight is 208 g/mol. The topological polar surface area (TPSA) is 56.7 Å². The summed E-state index contributed by atoms with van der Waals surface area (Å²) in [7, 11) is 0. The first-order valence-corrected chi connectivity index (χ1v) is 5.85. The third-order valence-corrected chi connectivity index (χ3v) is 3.34. The van der Waals surface area contributed by atoms with Gasteiger partial charge in [-0.3, -0.25) is 0 Å². The van der Waals surface area contributed by atoms with Gasteiger partial charge in [0.05, 0.1) is 6.04 Å². The van der Waals surface area contributed by atoms with Crippen LogP contribution in [0.1, 0.15) is 57.4 Å². The predicted molar refractivity (Wildman–Crippen MR) is 59.3 cm³/mol. The Morgan fingerprint density at radius 1 is 1.40 bits per heavy atom. The number of hydrogen-bond donors (Lipinski definition) is 1. The molecule has 2 N–H and O–H groups in total. The maximum absolute atomic E-state index is 6.13. The van der Waals surface area contributed by atoms with Crippen molar-refractivity contribution in [3.8, 4) is 0 Å². The minimum absolute atomic E-state index is 0.00750. The lowest BCUT2D eigenvalue weighted by atomic mass is 10.0. The molecule has 0 spiro atoms. The van der Waals surface area contributed by atoms with Crippen LogP contribution >= 0.6 is 0 Å². The first kappa shape index (κ1) is 10.6. The number of aromatic nitrogens is 3. The van der Waals surface area contributed by atoms with Crippen molar-refractivity contribution in [3.63, 3.8) is 0 Å². The summed E-state index contributed by atoms with van der Waals surface area (Å²) in [4.78, 5) is 0. The standard InChI is InChI=1S/C11H20N4/c1-8(2)10(12)11-14-13-7-15(11)9-5-3-4-6-9/h7-10H,3-6,12H2,1-2H3/t10-/m1/s1. The Balaban J connectivity index is 2.21. The van der Waals surface area contributed by atoms with Gasteiger partial charge in [0.1, 0.15) is 12.2 Å². The first-order chi connectivity index (χ1) is 7.20. The highest BCUT2D eigenvalue weighted by molar-refractivity contribution is 4.98. The van der Waals surface area contributed by atoms with Gasteiger partial charge in [-0.05, 0) is 18.8 Å². The molecular weight excluding hydrogens is 188 g/mol. The number of nitrogens with zero attached hydrogens (tertiary/aromatic N) is 3. The lowest BCUT2D eigenvalue weighted by Gasteiger charge is -2.19. The zero-order valence-electron chi connectivity index (χ0n) is 9.56. The third kappa shape index (κ3) is 2.04. The molecule has 2 rings (SSSR count). The molecule has 0 bridgehead atoms. The number of hydrogen-bond acceptors (Lipinski definition) is 3. The largest absolute Gasteiger partial charge is 0.321 e. The Morgan fingerprint density at radius 2 is 2.07 bits per heavy atom. The smallest absolute Gasteiger partial charge is 0.150 e. The molecule has 0 unspecified atom stereocenters. The van der Waals surface area contributed by atoms with Crippen molar-refractivity contribution in [1.82, 2.24) is 14.8 Å². The summed E-state index contributed by atoms with van der Waals surface area (Å²) in [5, 5.41) is 8.17. The molecule has 0 radical (unpaired) electrons. The van der Waals surface area contributed by atoms with Crippen LogP contribution in [-0.2, 0) is 0 Å². The lowest BCUT2D eigenvalue weighted by Crippen LogP contribution is -2.22. The fraction of sp³-hybridized carbons (Fsp3) is 0.818. The molecule has 1 atom stereocenters. The van der Waals surface area contributed by atoms with Crippen molar-refractivity contribution in [1.29, 1.82) is 0 Å². The van der Waals surface area contributed by atoms with Crippen LogP contribution in [0.2, 0.25) is 0 Å². The second-order valence-electron chi connectivity index (χ2n) is 4.80. The monoisotopic (exact) mass is 208 g/mol. The van der Waals surface area contributed by atoms with Crippen LogP contribution in [0, 0.1) is 5.92 Å². The van der Waals surface area contributed by atoms with Crippen molar-refractivity contribution in [2.75, 3.05) is 0 Å². The molecule has 1 saturated carbocycles. The molecule has 0 aromatic carbocycles. The first-order valence-electron chi connectivity index (χ1n) is 5.85. The van der Waals surface area contributed by atoms with Crippen LogP contribution in [0.5, 0.6) is 0 Å². The molecule has 1 aromatic rings. The van der Waals surface area contributed by atoms with Gasteiger partial charge in [0.15, 0.2) is 0 Å². The van der Waals surface area contributed by atoms with Gasteiger partial charge >= 0.3 is 0 Å². The molecule has 1 aromatic heterocycles. The zero-order valence-corrected chi connectivity index (χ0v) is 9.56. The summed E-state index contributed by atoms with van der Waals surface area (Å²) in [6.45, 7) is 4.25. The van der Waals surface area contributed by atoms with E-state index in [9.17, 15) is 0 Å². The van der Waals surface area contributed by atoms with Gasteiger partial charge < -0.3 is 10.3 Å². The molecule has 0 saturated heterocycles. The number of nitrogens with two attached hydrogens (primary N) is 1. The molecule has 1 heterocycles. The highest BCUT2D eigenvalue weighted by atomic mass is 15.3. The van der Waals surface area contributed by atoms with Crippen molar-refractivity contribution >= 4 is 0 Å². The Morgan fingerprint density at radius 3 is 2.67 bits per heavy atom. The van der Waals surface area contributed by atoms with Crippen LogP contribution in [0.25, 0.3) is 0 Å². The van der Waals surface area contributed by atoms with Gasteiger partial charge in [-0.2, -0.15) is 0 Å². The summed E-state index contributed by atoms with van der Waals surface area (Å²) in [6, 6.07) is 0.591. The van der Waals surface area contributed by atoms with Crippen LogP contribution in [0.4, 0.5) is 0 Å². The maximum Gasteiger partial charge on any atom is 0.150 e. The predicted octanol–water partition coefficient (Wildman–Crippen LogP) is 2.05. The number of rotatable bonds is 3. The summed E-state index contributed by atoms with van der Waals surface area (Å²) in [5.41, 5.74) is 6.13. The Hall–Kier alpha value is -0.900. The quantitative estimate of drug-likeness (QED) is 0.827. The van der Waals surface area contributed by atoms with Crippen LogP contribution in [-0.4, -0.2) is 14.8 Å². The highest BCUT2D eigenvalue weighted by Crippen LogP contribution is 2.31. The van der Waals surface area contributed by atoms with Crippen molar-refractivity contribution in [3.05, 3.63) is 12.2 Å². The molecule has 84 valence electrons. The van der Waals surface area contributed by atoms with E-state index in [4.69, 9.17) is 5.73 Å². The molecule has 15 heavy (non-hydrogen) atoms. The third-order valence-electron chi connectivity index (χ3n) is 3.34. The van der Waals surface area contributed by atoms with E-state index in [-0.39, 0.29) is 6.04 Å². The molecule has 4 nitrogen and oxygen atoms in total. The van der Waals surface area contributed by atoms with E-state index in [0.717, 1.165) is 5.82 Å². The summed E-state index contributed by atoms with van der Waals surface area (Å²) < 4.78 is 2.19. The zero-order chi connectivity index (χ0) is 10.8. The van der Waals surface area contributed by atoms with Gasteiger partial charge in [0.2, 0.25) is 0 Å². The van der Waals surface area contributed by atoms with Gasteiger partial charge in [0, 0.05) is 6.04 Å². The van der Waals surface area contributed by atoms with E-state index < -0.39 is 0 Å². The van der Waals surface area contributed by atoms with Gasteiger partial charge in [0.25, 0.3) is 0 Å². The second-order valence-corrected chi connectivity index (χ2v) is 4.80. The van der Waals surface area contributed by atoms with Gasteiger partial charge in [-0.1, -0.05) is 26.7 Å². The minimum atomic E-state index is 0.00750. The van der Waals surface area contributed by atoms with Crippen molar-refractivity contribution in [2.45, 2.75) is 51.6 Å². The molecule has 4 heteroatoms. The lowest BCUT2D eigenvalue weighted by molar-refractivity contribution is 0.426. The maximum atomic E-state index is 6.13. The molecule has 1 fully saturated rings. The second kappa shape index (κ2) is 4.31. The Bertz CT molecular complexity index is 296. The van der Waals surface area contributed by atoms with Gasteiger partial charge in [-0.15, -0.1) is 10.2 Å². The molecule has 1 aliphatic carbocycles. The summed E-state index contributed by atoms with van der Waals surface area (Å²) in [6.07, 6.45) is 6.97. The van der Waals surface area contributed by atoms with Crippen LogP contribution in [0.15, 0.2) is 6.33 Å². The molecular formula is C11H20N4. The average Bonchev–Trinajstić information content (AvgIpc) is 2.86. The summed E-state index contributed by atoms with van der Waals surface area (Å²) in [5.74, 6) is 1.37. The fourth-order valence-corrected chi connectivity index (χ4v) is 2.25. The van der Waals surface area contributed by atoms with Crippen LogP contribution < -0.4 is 5.73 Å². The normalized spacial score (nSPS) is 20.0. The van der Waals surface area contributed by atoms with E-state index in [0.29, 0.717) is 12.0 Å². The van der Waals surface area contributed by atoms with E-state index in [2.05, 4.69) is 28.6 Å². The SMILES string of the molecule is CC(C)[C@@H](N)c1nncn1C1CCCC1. The molecule has 0 amide bonds. The van der Waals surface area contributed by atoms with E-state index in [1.807, 2.05) is 6.33 Å². The van der Waals surface area contributed by atoms with E-state index >= 15 is 0 Å². The molecule has 1 aliphatic rings. The minimum Gasteiger partial charge on any atom is -0.321 e.